The number of carbonyl (C=O) groups excluding carboxylic acids is 2. The molecule has 0 unspecified atom stereocenters. The molecule has 4 aliphatic heterocycles. The number of methoxy groups -OCH3 is 1. The van der Waals surface area contributed by atoms with Crippen LogP contribution in [0, 0.1) is 0 Å². The molecule has 2 amide bonds. The minimum absolute atomic E-state index is 0.169. The van der Waals surface area contributed by atoms with Gasteiger partial charge in [-0.05, 0) is 6.92 Å². The van der Waals surface area contributed by atoms with Gasteiger partial charge in [0, 0.05) is 20.6 Å². The van der Waals surface area contributed by atoms with Crippen molar-refractivity contribution in [3.63, 3.8) is 0 Å². The highest BCUT2D eigenvalue weighted by atomic mass is 16.8. The van der Waals surface area contributed by atoms with E-state index in [1.807, 2.05) is 0 Å². The summed E-state index contributed by atoms with van der Waals surface area (Å²) in [5.74, 6) is -1.11. The zero-order valence-electron chi connectivity index (χ0n) is 22.1. The molecule has 0 aromatic carbocycles. The summed E-state index contributed by atoms with van der Waals surface area (Å²) in [6, 6.07) is -1.12. The number of hydrogen-bond donors (Lipinski definition) is 8. The van der Waals surface area contributed by atoms with Crippen LogP contribution in [0.4, 0.5) is 0 Å². The Morgan fingerprint density at radius 3 is 2.35 bits per heavy atom. The Morgan fingerprint density at radius 1 is 0.975 bits per heavy atom. The van der Waals surface area contributed by atoms with Gasteiger partial charge in [-0.25, -0.2) is 0 Å². The Balaban J connectivity index is 1.72. The van der Waals surface area contributed by atoms with Gasteiger partial charge in [0.05, 0.1) is 12.7 Å². The molecular formula is C23H38N2O15. The van der Waals surface area contributed by atoms with Gasteiger partial charge in [-0.1, -0.05) is 0 Å². The molecule has 40 heavy (non-hydrogen) atoms. The van der Waals surface area contributed by atoms with Crippen molar-refractivity contribution in [3.05, 3.63) is 0 Å². The molecule has 230 valence electrons. The van der Waals surface area contributed by atoms with Crippen LogP contribution >= 0.6 is 0 Å². The zero-order valence-corrected chi connectivity index (χ0v) is 22.1. The molecule has 0 radical (unpaired) electrons. The first-order valence-corrected chi connectivity index (χ1v) is 12.9. The Labute approximate surface area is 229 Å². The molecule has 0 saturated carbocycles. The van der Waals surface area contributed by atoms with Crippen LogP contribution < -0.4 is 10.6 Å². The highest BCUT2D eigenvalue weighted by Crippen LogP contribution is 2.34. The van der Waals surface area contributed by atoms with E-state index in [1.165, 1.54) is 21.0 Å². The molecule has 0 spiro atoms. The number of fused-ring (bicyclic) bond motifs is 2. The average molecular weight is 583 g/mol. The highest BCUT2D eigenvalue weighted by Gasteiger charge is 2.55. The SMILES string of the molecule is CO[C@@H]1O[C@@H]2CNC(=O)CO[C@H]3[C@H](O[C@@H]2[C@H](O[C@@H]2O[C@@H](C)[C@@H](O)[C@@H](O)[C@@H]2O)[C@H]1NC(C)=O)O[C@H](CO)[C@H](O)[C@@H]3O. The second kappa shape index (κ2) is 13.2. The normalized spacial score (nSPS) is 48.3. The molecule has 17 heteroatoms. The van der Waals surface area contributed by atoms with Crippen LogP contribution in [0.25, 0.3) is 0 Å². The molecule has 4 heterocycles. The Kier molecular flexibility index (Phi) is 10.3. The largest absolute Gasteiger partial charge is 0.394 e. The summed E-state index contributed by atoms with van der Waals surface area (Å²) in [5, 5.41) is 67.1. The minimum Gasteiger partial charge on any atom is -0.394 e. The lowest BCUT2D eigenvalue weighted by Crippen LogP contribution is -2.70. The van der Waals surface area contributed by atoms with Gasteiger partial charge in [0.2, 0.25) is 11.8 Å². The summed E-state index contributed by atoms with van der Waals surface area (Å²) in [6.07, 6.45) is -19.4. The number of nitrogens with one attached hydrogen (secondary N) is 2. The van der Waals surface area contributed by atoms with Gasteiger partial charge in [-0.15, -0.1) is 0 Å². The van der Waals surface area contributed by atoms with Crippen LogP contribution in [-0.4, -0.2) is 161 Å². The van der Waals surface area contributed by atoms with Gasteiger partial charge in [0.25, 0.3) is 0 Å². The van der Waals surface area contributed by atoms with Gasteiger partial charge in [-0.3, -0.25) is 9.59 Å². The summed E-state index contributed by atoms with van der Waals surface area (Å²) in [7, 11) is 1.31. The summed E-state index contributed by atoms with van der Waals surface area (Å²) < 4.78 is 40.6. The summed E-state index contributed by atoms with van der Waals surface area (Å²) in [5.41, 5.74) is 0. The van der Waals surface area contributed by atoms with E-state index in [-0.39, 0.29) is 6.54 Å². The highest BCUT2D eigenvalue weighted by molar-refractivity contribution is 5.77. The third kappa shape index (κ3) is 6.41. The van der Waals surface area contributed by atoms with Crippen LogP contribution in [-0.2, 0) is 42.7 Å². The maximum atomic E-state index is 12.5. The Morgan fingerprint density at radius 2 is 1.70 bits per heavy atom. The van der Waals surface area contributed by atoms with Gasteiger partial charge >= 0.3 is 0 Å². The molecule has 4 rings (SSSR count). The predicted octanol–water partition coefficient (Wildman–Crippen LogP) is -5.59. The third-order valence-electron chi connectivity index (χ3n) is 7.37. The summed E-state index contributed by atoms with van der Waals surface area (Å²) in [6.45, 7) is 1.31. The molecule has 4 fully saturated rings. The van der Waals surface area contributed by atoms with Crippen molar-refractivity contribution in [1.29, 1.82) is 0 Å². The molecule has 8 N–H and O–H groups in total. The Bertz CT molecular complexity index is 883. The van der Waals surface area contributed by atoms with E-state index in [0.29, 0.717) is 0 Å². The fourth-order valence-corrected chi connectivity index (χ4v) is 5.20. The van der Waals surface area contributed by atoms with E-state index in [4.69, 9.17) is 33.2 Å². The molecule has 17 nitrogen and oxygen atoms in total. The van der Waals surface area contributed by atoms with E-state index in [2.05, 4.69) is 10.6 Å². The number of amides is 2. The van der Waals surface area contributed by atoms with Crippen LogP contribution in [0.2, 0.25) is 0 Å². The van der Waals surface area contributed by atoms with E-state index in [0.717, 1.165) is 0 Å². The van der Waals surface area contributed by atoms with E-state index < -0.39 is 117 Å². The van der Waals surface area contributed by atoms with Gasteiger partial charge < -0.3 is 74.4 Å². The molecule has 0 aromatic rings. The fraction of sp³-hybridized carbons (Fsp3) is 0.913. The maximum Gasteiger partial charge on any atom is 0.246 e. The van der Waals surface area contributed by atoms with Gasteiger partial charge in [0.15, 0.2) is 18.9 Å². The number of hydrogen-bond acceptors (Lipinski definition) is 15. The average Bonchev–Trinajstić information content (AvgIpc) is 2.92. The topological polar surface area (TPSA) is 244 Å². The zero-order chi connectivity index (χ0) is 29.3. The standard InChI is InChI=1S/C23H38N2O15/c1-7-13(29)15(31)17(33)22(36-7)40-19-12(25-8(2)27)21(34-3)37-9-4-24-11(28)6-35-20-16(32)14(30)10(5-26)38-23(20)39-18(9)19/h7,9-10,12-23,26,29-33H,4-6H2,1-3H3,(H,24,28)(H,25,27)/t7-,9+,10+,12+,13+,14-,15+,16-,17-,18-,19+,20+,21+,22-,23-/m0/s1. The lowest BCUT2D eigenvalue weighted by Gasteiger charge is -2.50. The van der Waals surface area contributed by atoms with Crippen molar-refractivity contribution in [2.24, 2.45) is 0 Å². The van der Waals surface area contributed by atoms with Crippen LogP contribution in [0.3, 0.4) is 0 Å². The van der Waals surface area contributed by atoms with E-state index in [9.17, 15) is 40.2 Å². The van der Waals surface area contributed by atoms with Crippen LogP contribution in [0.5, 0.6) is 0 Å². The fourth-order valence-electron chi connectivity index (χ4n) is 5.20. The van der Waals surface area contributed by atoms with Gasteiger partial charge in [-0.2, -0.15) is 0 Å². The number of aliphatic hydroxyl groups is 6. The van der Waals surface area contributed by atoms with Crippen molar-refractivity contribution in [3.8, 4) is 0 Å². The maximum absolute atomic E-state index is 12.5. The lowest BCUT2D eigenvalue weighted by molar-refractivity contribution is -0.372. The first-order valence-electron chi connectivity index (χ1n) is 12.9. The molecule has 0 bridgehead atoms. The second-order valence-corrected chi connectivity index (χ2v) is 10.2. The molecule has 15 atom stereocenters. The molecule has 0 aliphatic carbocycles. The van der Waals surface area contributed by atoms with Gasteiger partial charge in [0.1, 0.15) is 73.7 Å². The minimum atomic E-state index is -1.72. The summed E-state index contributed by atoms with van der Waals surface area (Å²) in [4.78, 5) is 24.7. The summed E-state index contributed by atoms with van der Waals surface area (Å²) >= 11 is 0. The second-order valence-electron chi connectivity index (χ2n) is 10.2. The molecule has 0 aromatic heterocycles. The molecular weight excluding hydrogens is 544 g/mol. The Hall–Kier alpha value is -1.58. The lowest BCUT2D eigenvalue weighted by atomic mass is 9.94. The van der Waals surface area contributed by atoms with Crippen molar-refractivity contribution >= 4 is 11.8 Å². The van der Waals surface area contributed by atoms with Crippen LogP contribution in [0.1, 0.15) is 13.8 Å². The van der Waals surface area contributed by atoms with Crippen molar-refractivity contribution in [2.45, 2.75) is 106 Å². The molecule has 4 aliphatic rings. The number of rotatable bonds is 5. The molecule has 4 saturated heterocycles. The van der Waals surface area contributed by atoms with E-state index >= 15 is 0 Å². The number of aliphatic hydroxyl groups excluding tert-OH is 6. The monoisotopic (exact) mass is 582 g/mol. The predicted molar refractivity (Wildman–Crippen MR) is 126 cm³/mol. The number of carbonyl (C=O) groups is 2. The first-order chi connectivity index (χ1) is 19.0. The van der Waals surface area contributed by atoms with Crippen molar-refractivity contribution < 1.29 is 73.4 Å². The van der Waals surface area contributed by atoms with Crippen molar-refractivity contribution in [1.82, 2.24) is 10.6 Å². The third-order valence-corrected chi connectivity index (χ3v) is 7.37. The van der Waals surface area contributed by atoms with E-state index in [1.54, 1.807) is 0 Å². The first kappa shape index (κ1) is 31.4. The smallest absolute Gasteiger partial charge is 0.246 e. The number of ether oxygens (including phenoxy) is 7. The van der Waals surface area contributed by atoms with Crippen molar-refractivity contribution in [2.75, 3.05) is 26.9 Å². The van der Waals surface area contributed by atoms with Crippen LogP contribution in [0.15, 0.2) is 0 Å². The quantitative estimate of drug-likeness (QED) is 0.151.